The Labute approximate surface area is 162 Å². The maximum Gasteiger partial charge on any atom is 0.416 e. The smallest absolute Gasteiger partial charge is 0.416 e. The van der Waals surface area contributed by atoms with E-state index in [1.54, 1.807) is 12.1 Å². The Morgan fingerprint density at radius 1 is 1.07 bits per heavy atom. The molecule has 0 atom stereocenters. The van der Waals surface area contributed by atoms with E-state index in [-0.39, 0.29) is 33.3 Å². The fourth-order valence-corrected chi connectivity index (χ4v) is 2.52. The quantitative estimate of drug-likeness (QED) is 0.499. The minimum atomic E-state index is -4.50. The molecule has 2 aromatic carbocycles. The van der Waals surface area contributed by atoms with E-state index in [9.17, 15) is 23.1 Å². The Morgan fingerprint density at radius 3 is 2.57 bits per heavy atom. The number of hydrogen-bond donors (Lipinski definition) is 3. The monoisotopic (exact) mass is 406 g/mol. The number of hydrogen-bond acceptors (Lipinski definition) is 4. The number of benzene rings is 2. The summed E-state index contributed by atoms with van der Waals surface area (Å²) in [7, 11) is 0. The molecule has 5 nitrogen and oxygen atoms in total. The van der Waals surface area contributed by atoms with Crippen molar-refractivity contribution in [1.29, 1.82) is 0 Å². The normalized spacial score (nSPS) is 11.1. The van der Waals surface area contributed by atoms with Crippen LogP contribution in [0.4, 0.5) is 18.9 Å². The molecule has 0 aliphatic carbocycles. The summed E-state index contributed by atoms with van der Waals surface area (Å²) in [4.78, 5) is 15.0. The van der Waals surface area contributed by atoms with Crippen molar-refractivity contribution in [2.45, 2.75) is 6.18 Å². The maximum atomic E-state index is 12.9. The minimum absolute atomic E-state index is 0.0431. The predicted molar refractivity (Wildman–Crippen MR) is 99.2 cm³/mol. The van der Waals surface area contributed by atoms with Gasteiger partial charge in [0.15, 0.2) is 5.75 Å². The highest BCUT2D eigenvalue weighted by molar-refractivity contribution is 7.71. The van der Waals surface area contributed by atoms with E-state index in [2.05, 4.69) is 10.3 Å². The van der Waals surface area contributed by atoms with Crippen molar-refractivity contribution in [3.63, 3.8) is 0 Å². The van der Waals surface area contributed by atoms with Gasteiger partial charge in [-0.2, -0.15) is 13.2 Å². The molecule has 0 radical (unpaired) electrons. The second-order valence-electron chi connectivity index (χ2n) is 5.66. The number of aromatic amines is 1. The summed E-state index contributed by atoms with van der Waals surface area (Å²) in [6.45, 7) is 0. The third-order valence-electron chi connectivity index (χ3n) is 3.65. The summed E-state index contributed by atoms with van der Waals surface area (Å²) in [5.41, 5.74) is -0.804. The molecule has 28 heavy (non-hydrogen) atoms. The number of aromatic nitrogens is 1. The number of amides is 1. The zero-order valence-corrected chi connectivity index (χ0v) is 14.9. The lowest BCUT2D eigenvalue weighted by Gasteiger charge is -2.14. The number of H-pyrrole nitrogens is 1. The number of pyridine rings is 1. The topological polar surface area (TPSA) is 74.3 Å². The zero-order valence-electron chi connectivity index (χ0n) is 14.1. The first-order chi connectivity index (χ1) is 13.2. The van der Waals surface area contributed by atoms with Crippen LogP contribution in [0, 0.1) is 4.64 Å². The summed E-state index contributed by atoms with van der Waals surface area (Å²) in [6, 6.07) is 13.3. The minimum Gasteiger partial charge on any atom is -0.506 e. The van der Waals surface area contributed by atoms with Crippen LogP contribution in [0.1, 0.15) is 16.1 Å². The van der Waals surface area contributed by atoms with E-state index in [1.165, 1.54) is 36.4 Å². The molecule has 0 spiro atoms. The van der Waals surface area contributed by atoms with Crippen LogP contribution in [0.15, 0.2) is 60.7 Å². The van der Waals surface area contributed by atoms with Crippen LogP contribution < -0.4 is 10.1 Å². The van der Waals surface area contributed by atoms with Gasteiger partial charge in [-0.1, -0.05) is 30.4 Å². The molecule has 0 saturated carbocycles. The molecule has 0 unspecified atom stereocenters. The number of aromatic hydroxyl groups is 1. The van der Waals surface area contributed by atoms with Crippen LogP contribution in [0.3, 0.4) is 0 Å². The van der Waals surface area contributed by atoms with Gasteiger partial charge in [-0.3, -0.25) is 4.79 Å². The third-order valence-corrected chi connectivity index (χ3v) is 3.89. The Morgan fingerprint density at radius 2 is 1.82 bits per heavy atom. The van der Waals surface area contributed by atoms with Crippen molar-refractivity contribution in [1.82, 2.24) is 4.98 Å². The molecule has 9 heteroatoms. The fraction of sp³-hybridized carbons (Fsp3) is 0.0526. The van der Waals surface area contributed by atoms with Gasteiger partial charge in [0.05, 0.1) is 11.3 Å². The Balaban J connectivity index is 1.87. The van der Waals surface area contributed by atoms with Crippen LogP contribution in [0.2, 0.25) is 0 Å². The number of carbonyl (C=O) groups excluding carboxylic acids is 1. The Bertz CT molecular complexity index is 1080. The molecule has 1 heterocycles. The van der Waals surface area contributed by atoms with Crippen molar-refractivity contribution < 1.29 is 27.8 Å². The molecule has 0 aliphatic rings. The molecular formula is C19H13F3N2O3S. The van der Waals surface area contributed by atoms with Gasteiger partial charge in [0.2, 0.25) is 0 Å². The standard InChI is InChI=1S/C19H13F3N2O3S/c20-19(21,22)11-4-3-5-12(10-11)27-15-7-2-1-6-13(15)23-18(26)17-14(25)8-9-16(28)24-17/h1-10,25H,(H,23,26)(H,24,28). The third kappa shape index (κ3) is 4.49. The number of anilines is 1. The van der Waals surface area contributed by atoms with Crippen molar-refractivity contribution in [2.24, 2.45) is 0 Å². The molecule has 1 aromatic heterocycles. The van der Waals surface area contributed by atoms with Crippen LogP contribution in [0.25, 0.3) is 0 Å². The predicted octanol–water partition coefficient (Wildman–Crippen LogP) is 5.51. The first-order valence-electron chi connectivity index (χ1n) is 7.92. The molecule has 1 amide bonds. The van der Waals surface area contributed by atoms with Gasteiger partial charge in [-0.05, 0) is 42.5 Å². The van der Waals surface area contributed by atoms with Gasteiger partial charge in [0.25, 0.3) is 5.91 Å². The van der Waals surface area contributed by atoms with Crippen LogP contribution in [-0.4, -0.2) is 16.0 Å². The van der Waals surface area contributed by atoms with E-state index in [4.69, 9.17) is 17.0 Å². The van der Waals surface area contributed by atoms with Crippen molar-refractivity contribution in [2.75, 3.05) is 5.32 Å². The van der Waals surface area contributed by atoms with E-state index in [0.717, 1.165) is 12.1 Å². The molecule has 3 N–H and O–H groups in total. The number of alkyl halides is 3. The van der Waals surface area contributed by atoms with Crippen LogP contribution in [0.5, 0.6) is 17.2 Å². The maximum absolute atomic E-state index is 12.9. The highest BCUT2D eigenvalue weighted by Gasteiger charge is 2.30. The van der Waals surface area contributed by atoms with E-state index >= 15 is 0 Å². The highest BCUT2D eigenvalue weighted by atomic mass is 32.1. The SMILES string of the molecule is O=C(Nc1ccccc1Oc1cccc(C(F)(F)F)c1)c1[nH]c(=S)ccc1O. The first kappa shape index (κ1) is 19.4. The molecule has 0 fully saturated rings. The lowest BCUT2D eigenvalue weighted by molar-refractivity contribution is -0.137. The molecule has 3 aromatic rings. The number of halogens is 3. The van der Waals surface area contributed by atoms with E-state index in [0.29, 0.717) is 0 Å². The second kappa shape index (κ2) is 7.73. The fourth-order valence-electron chi connectivity index (χ4n) is 2.35. The lowest BCUT2D eigenvalue weighted by atomic mass is 10.2. The molecule has 144 valence electrons. The number of nitrogens with one attached hydrogen (secondary N) is 2. The number of rotatable bonds is 4. The number of ether oxygens (including phenoxy) is 1. The summed E-state index contributed by atoms with van der Waals surface area (Å²) in [6.07, 6.45) is -4.50. The van der Waals surface area contributed by atoms with Crippen LogP contribution in [-0.2, 0) is 6.18 Å². The highest BCUT2D eigenvalue weighted by Crippen LogP contribution is 2.34. The van der Waals surface area contributed by atoms with Gasteiger partial charge >= 0.3 is 6.18 Å². The van der Waals surface area contributed by atoms with E-state index < -0.39 is 17.6 Å². The molecule has 0 saturated heterocycles. The van der Waals surface area contributed by atoms with E-state index in [1.807, 2.05) is 0 Å². The summed E-state index contributed by atoms with van der Waals surface area (Å²) >= 11 is 4.93. The zero-order chi connectivity index (χ0) is 20.3. The van der Waals surface area contributed by atoms with Gasteiger partial charge in [-0.25, -0.2) is 0 Å². The Hall–Kier alpha value is -3.33. The summed E-state index contributed by atoms with van der Waals surface area (Å²) < 4.78 is 44.4. The number of carbonyl (C=O) groups is 1. The first-order valence-corrected chi connectivity index (χ1v) is 8.32. The average molecular weight is 406 g/mol. The van der Waals surface area contributed by atoms with Gasteiger partial charge in [0.1, 0.15) is 21.8 Å². The van der Waals surface area contributed by atoms with Crippen molar-refractivity contribution in [3.8, 4) is 17.2 Å². The van der Waals surface area contributed by atoms with Crippen molar-refractivity contribution >= 4 is 23.8 Å². The van der Waals surface area contributed by atoms with Gasteiger partial charge in [0, 0.05) is 0 Å². The summed E-state index contributed by atoms with van der Waals surface area (Å²) in [5.74, 6) is -0.908. The number of para-hydroxylation sites is 2. The van der Waals surface area contributed by atoms with Crippen molar-refractivity contribution in [3.05, 3.63) is 76.6 Å². The molecular weight excluding hydrogens is 393 g/mol. The largest absolute Gasteiger partial charge is 0.506 e. The average Bonchev–Trinajstić information content (AvgIpc) is 2.65. The van der Waals surface area contributed by atoms with Gasteiger partial charge in [-0.15, -0.1) is 0 Å². The second-order valence-corrected chi connectivity index (χ2v) is 6.10. The molecule has 3 rings (SSSR count). The Kier molecular flexibility index (Phi) is 5.36. The van der Waals surface area contributed by atoms with Gasteiger partial charge < -0.3 is 20.1 Å². The summed E-state index contributed by atoms with van der Waals surface area (Å²) in [5, 5.41) is 12.4. The molecule has 0 bridgehead atoms. The molecule has 0 aliphatic heterocycles. The lowest BCUT2D eigenvalue weighted by Crippen LogP contribution is -2.14. The van der Waals surface area contributed by atoms with Crippen LogP contribution >= 0.6 is 12.2 Å².